The SMILES string of the molecule is O=C(C1Cc2cc(Cl)ccc2O1)N1CCN(S(=O)(=O)c2ccc3c(c2)CCC3)CC1. The summed E-state index contributed by atoms with van der Waals surface area (Å²) in [6.45, 7) is 1.30. The molecule has 0 saturated carbocycles. The zero-order valence-electron chi connectivity index (χ0n) is 16.5. The lowest BCUT2D eigenvalue weighted by Crippen LogP contribution is -2.53. The van der Waals surface area contributed by atoms with E-state index in [1.165, 1.54) is 9.87 Å². The van der Waals surface area contributed by atoms with E-state index >= 15 is 0 Å². The molecule has 2 aromatic carbocycles. The molecule has 0 bridgehead atoms. The van der Waals surface area contributed by atoms with Crippen molar-refractivity contribution in [3.8, 4) is 5.75 Å². The second-order valence-electron chi connectivity index (χ2n) is 8.08. The van der Waals surface area contributed by atoms with Gasteiger partial charge in [0.15, 0.2) is 6.10 Å². The van der Waals surface area contributed by atoms with Gasteiger partial charge in [-0.2, -0.15) is 4.31 Å². The molecule has 6 nitrogen and oxygen atoms in total. The Bertz CT molecular complexity index is 1110. The Morgan fingerprint density at radius 1 is 0.967 bits per heavy atom. The van der Waals surface area contributed by atoms with Gasteiger partial charge >= 0.3 is 0 Å². The summed E-state index contributed by atoms with van der Waals surface area (Å²) < 4.78 is 33.5. The fourth-order valence-electron chi connectivity index (χ4n) is 4.57. The number of amides is 1. The fraction of sp³-hybridized carbons (Fsp3) is 0.409. The number of carbonyl (C=O) groups is 1. The van der Waals surface area contributed by atoms with E-state index in [4.69, 9.17) is 16.3 Å². The van der Waals surface area contributed by atoms with E-state index in [0.29, 0.717) is 35.2 Å². The van der Waals surface area contributed by atoms with E-state index in [9.17, 15) is 13.2 Å². The maximum absolute atomic E-state index is 13.1. The Balaban J connectivity index is 1.24. The lowest BCUT2D eigenvalue weighted by Gasteiger charge is -2.35. The lowest BCUT2D eigenvalue weighted by atomic mass is 10.1. The molecule has 8 heteroatoms. The number of piperazine rings is 1. The molecule has 1 unspecified atom stereocenters. The molecule has 1 atom stereocenters. The summed E-state index contributed by atoms with van der Waals surface area (Å²) in [7, 11) is -3.55. The summed E-state index contributed by atoms with van der Waals surface area (Å²) in [4.78, 5) is 15.0. The minimum absolute atomic E-state index is 0.100. The number of hydrogen-bond donors (Lipinski definition) is 0. The van der Waals surface area contributed by atoms with Gasteiger partial charge < -0.3 is 9.64 Å². The summed E-state index contributed by atoms with van der Waals surface area (Å²) >= 11 is 6.03. The van der Waals surface area contributed by atoms with Crippen LogP contribution in [-0.4, -0.2) is 55.8 Å². The number of fused-ring (bicyclic) bond motifs is 2. The van der Waals surface area contributed by atoms with Crippen LogP contribution in [0.4, 0.5) is 0 Å². The van der Waals surface area contributed by atoms with E-state index in [-0.39, 0.29) is 19.0 Å². The molecule has 1 aliphatic carbocycles. The lowest BCUT2D eigenvalue weighted by molar-refractivity contribution is -0.139. The third-order valence-electron chi connectivity index (χ3n) is 6.23. The van der Waals surface area contributed by atoms with E-state index in [0.717, 1.165) is 30.4 Å². The number of sulfonamides is 1. The summed E-state index contributed by atoms with van der Waals surface area (Å²) in [6.07, 6.45) is 2.96. The van der Waals surface area contributed by atoms with Gasteiger partial charge in [-0.15, -0.1) is 0 Å². The van der Waals surface area contributed by atoms with Crippen LogP contribution in [0.3, 0.4) is 0 Å². The average Bonchev–Trinajstić information content (AvgIpc) is 3.39. The molecular weight excluding hydrogens is 424 g/mol. The zero-order valence-corrected chi connectivity index (χ0v) is 18.1. The van der Waals surface area contributed by atoms with Crippen molar-refractivity contribution in [3.05, 3.63) is 58.1 Å². The number of rotatable bonds is 3. The van der Waals surface area contributed by atoms with Crippen LogP contribution in [0.1, 0.15) is 23.1 Å². The summed E-state index contributed by atoms with van der Waals surface area (Å²) in [5.74, 6) is 0.590. The molecule has 1 saturated heterocycles. The average molecular weight is 447 g/mol. The zero-order chi connectivity index (χ0) is 20.9. The molecule has 0 aromatic heterocycles. The maximum atomic E-state index is 13.1. The second kappa shape index (κ2) is 7.55. The molecule has 2 heterocycles. The molecule has 0 N–H and O–H groups in total. The summed E-state index contributed by atoms with van der Waals surface area (Å²) in [6, 6.07) is 10.8. The van der Waals surface area contributed by atoms with Gasteiger partial charge in [-0.25, -0.2) is 8.42 Å². The normalized spacial score (nSPS) is 21.2. The highest BCUT2D eigenvalue weighted by molar-refractivity contribution is 7.89. The first kappa shape index (κ1) is 19.8. The van der Waals surface area contributed by atoms with Crippen LogP contribution in [0.2, 0.25) is 5.02 Å². The molecule has 3 aliphatic rings. The molecule has 1 fully saturated rings. The molecule has 0 radical (unpaired) electrons. The third-order valence-corrected chi connectivity index (χ3v) is 8.36. The number of benzene rings is 2. The number of nitrogens with zero attached hydrogens (tertiary/aromatic N) is 2. The molecule has 2 aromatic rings. The van der Waals surface area contributed by atoms with Gasteiger partial charge in [0, 0.05) is 37.6 Å². The van der Waals surface area contributed by atoms with E-state index in [1.807, 2.05) is 18.2 Å². The van der Waals surface area contributed by atoms with Crippen molar-refractivity contribution in [1.29, 1.82) is 0 Å². The molecule has 0 spiro atoms. The first-order chi connectivity index (χ1) is 14.4. The maximum Gasteiger partial charge on any atom is 0.264 e. The highest BCUT2D eigenvalue weighted by Gasteiger charge is 2.36. The number of carbonyl (C=O) groups excluding carboxylic acids is 1. The predicted octanol–water partition coefficient (Wildman–Crippen LogP) is 2.67. The van der Waals surface area contributed by atoms with Crippen LogP contribution >= 0.6 is 11.6 Å². The summed E-state index contributed by atoms with van der Waals surface area (Å²) in [5.41, 5.74) is 3.32. The highest BCUT2D eigenvalue weighted by atomic mass is 35.5. The van der Waals surface area contributed by atoms with Gasteiger partial charge in [0.1, 0.15) is 5.75 Å². The monoisotopic (exact) mass is 446 g/mol. The Labute approximate surface area is 181 Å². The van der Waals surface area contributed by atoms with Crippen molar-refractivity contribution in [2.45, 2.75) is 36.7 Å². The fourth-order valence-corrected chi connectivity index (χ4v) is 6.23. The van der Waals surface area contributed by atoms with Gasteiger partial charge in [-0.1, -0.05) is 17.7 Å². The molecule has 1 amide bonds. The number of ether oxygens (including phenoxy) is 1. The van der Waals surface area contributed by atoms with Crippen LogP contribution in [0.25, 0.3) is 0 Å². The Kier molecular flexibility index (Phi) is 5.00. The van der Waals surface area contributed by atoms with Crippen molar-refractivity contribution < 1.29 is 17.9 Å². The van der Waals surface area contributed by atoms with Crippen molar-refractivity contribution in [2.75, 3.05) is 26.2 Å². The predicted molar refractivity (Wildman–Crippen MR) is 113 cm³/mol. The standard InChI is InChI=1S/C22H23ClN2O4S/c23-18-5-7-20-17(12-18)14-21(29-20)22(26)24-8-10-25(11-9-24)30(27,28)19-6-4-15-2-1-3-16(15)13-19/h4-7,12-13,21H,1-3,8-11,14H2. The van der Waals surface area contributed by atoms with E-state index in [1.54, 1.807) is 23.1 Å². The Hall–Kier alpha value is -2.09. The van der Waals surface area contributed by atoms with Crippen LogP contribution < -0.4 is 4.74 Å². The minimum Gasteiger partial charge on any atom is -0.480 e. The Morgan fingerprint density at radius 2 is 1.73 bits per heavy atom. The van der Waals surface area contributed by atoms with Crippen molar-refractivity contribution >= 4 is 27.5 Å². The van der Waals surface area contributed by atoms with E-state index in [2.05, 4.69) is 0 Å². The van der Waals surface area contributed by atoms with Crippen molar-refractivity contribution in [1.82, 2.24) is 9.21 Å². The molecule has 5 rings (SSSR count). The quantitative estimate of drug-likeness (QED) is 0.727. The minimum atomic E-state index is -3.55. The number of aryl methyl sites for hydroxylation is 2. The first-order valence-corrected chi connectivity index (χ1v) is 12.1. The smallest absolute Gasteiger partial charge is 0.264 e. The molecular formula is C22H23ClN2O4S. The Morgan fingerprint density at radius 3 is 2.53 bits per heavy atom. The van der Waals surface area contributed by atoms with Gasteiger partial charge in [0.2, 0.25) is 10.0 Å². The second-order valence-corrected chi connectivity index (χ2v) is 10.5. The van der Waals surface area contributed by atoms with Gasteiger partial charge in [-0.3, -0.25) is 4.79 Å². The number of halogens is 1. The topological polar surface area (TPSA) is 66.9 Å². The van der Waals surface area contributed by atoms with E-state index < -0.39 is 16.1 Å². The van der Waals surface area contributed by atoms with Crippen molar-refractivity contribution in [3.63, 3.8) is 0 Å². The number of hydrogen-bond acceptors (Lipinski definition) is 4. The highest BCUT2D eigenvalue weighted by Crippen LogP contribution is 2.32. The largest absolute Gasteiger partial charge is 0.480 e. The van der Waals surface area contributed by atoms with Gasteiger partial charge in [-0.05, 0) is 66.3 Å². The van der Waals surface area contributed by atoms with Crippen LogP contribution in [0.5, 0.6) is 5.75 Å². The third kappa shape index (κ3) is 3.49. The molecule has 158 valence electrons. The van der Waals surface area contributed by atoms with Crippen LogP contribution in [0, 0.1) is 0 Å². The van der Waals surface area contributed by atoms with Gasteiger partial charge in [0.25, 0.3) is 5.91 Å². The summed E-state index contributed by atoms with van der Waals surface area (Å²) in [5, 5.41) is 0.621. The first-order valence-electron chi connectivity index (χ1n) is 10.3. The molecule has 30 heavy (non-hydrogen) atoms. The van der Waals surface area contributed by atoms with Gasteiger partial charge in [0.05, 0.1) is 4.90 Å². The van der Waals surface area contributed by atoms with Crippen molar-refractivity contribution in [2.24, 2.45) is 0 Å². The molecule has 2 aliphatic heterocycles. The van der Waals surface area contributed by atoms with Crippen LogP contribution in [-0.2, 0) is 34.1 Å². The van der Waals surface area contributed by atoms with Crippen LogP contribution in [0.15, 0.2) is 41.3 Å².